The Labute approximate surface area is 309 Å². The molecule has 250 valence electrons. The van der Waals surface area contributed by atoms with Gasteiger partial charge in [-0.2, -0.15) is 0 Å². The molecule has 10 rings (SSSR count). The Morgan fingerprint density at radius 1 is 0.358 bits per heavy atom. The Morgan fingerprint density at radius 3 is 1.68 bits per heavy atom. The van der Waals surface area contributed by atoms with Gasteiger partial charge in [-0.25, -0.2) is 0 Å². The van der Waals surface area contributed by atoms with E-state index in [2.05, 4.69) is 205 Å². The van der Waals surface area contributed by atoms with E-state index in [-0.39, 0.29) is 0 Å². The van der Waals surface area contributed by atoms with Gasteiger partial charge >= 0.3 is 0 Å². The molecule has 0 fully saturated rings. The second-order valence-electron chi connectivity index (χ2n) is 13.6. The fourth-order valence-corrected chi connectivity index (χ4v) is 8.51. The van der Waals surface area contributed by atoms with Crippen LogP contribution >= 0.6 is 0 Å². The van der Waals surface area contributed by atoms with Crippen molar-refractivity contribution >= 4 is 49.8 Å². The van der Waals surface area contributed by atoms with Gasteiger partial charge in [0.1, 0.15) is 11.2 Å². The molecule has 0 unspecified atom stereocenters. The molecule has 8 aromatic carbocycles. The topological polar surface area (TPSA) is 16.4 Å². The van der Waals surface area contributed by atoms with Gasteiger partial charge in [0.25, 0.3) is 0 Å². The van der Waals surface area contributed by atoms with Crippen molar-refractivity contribution in [3.63, 3.8) is 0 Å². The highest BCUT2D eigenvalue weighted by Crippen LogP contribution is 2.57. The molecular weight excluding hydrogens is 643 g/mol. The Bertz CT molecular complexity index is 2810. The first-order valence-corrected chi connectivity index (χ1v) is 18.2. The van der Waals surface area contributed by atoms with Crippen LogP contribution < -0.4 is 4.90 Å². The van der Waals surface area contributed by atoms with Crippen LogP contribution in [0.3, 0.4) is 0 Å². The lowest BCUT2D eigenvalue weighted by Crippen LogP contribution is -2.28. The van der Waals surface area contributed by atoms with Gasteiger partial charge in [0.05, 0.1) is 11.1 Å². The number of para-hydroxylation sites is 1. The Morgan fingerprint density at radius 2 is 0.887 bits per heavy atom. The van der Waals surface area contributed by atoms with Gasteiger partial charge in [0.2, 0.25) is 0 Å². The Balaban J connectivity index is 1.31. The zero-order valence-electron chi connectivity index (χ0n) is 29.1. The van der Waals surface area contributed by atoms with Crippen molar-refractivity contribution in [2.75, 3.05) is 4.90 Å². The highest BCUT2D eigenvalue weighted by Gasteiger charge is 2.46. The number of fused-ring (bicyclic) bond motifs is 7. The van der Waals surface area contributed by atoms with Gasteiger partial charge in [-0.05, 0) is 81.2 Å². The number of benzene rings is 7. The summed E-state index contributed by atoms with van der Waals surface area (Å²) < 4.78 is 6.32. The summed E-state index contributed by atoms with van der Waals surface area (Å²) in [5.41, 5.74) is 12.0. The third-order valence-corrected chi connectivity index (χ3v) is 10.8. The number of furan rings is 1. The van der Waals surface area contributed by atoms with Gasteiger partial charge in [-0.15, -0.1) is 0 Å². The highest BCUT2D eigenvalue weighted by atomic mass is 16.3. The van der Waals surface area contributed by atoms with E-state index in [4.69, 9.17) is 4.42 Å². The van der Waals surface area contributed by atoms with Crippen molar-refractivity contribution in [2.24, 2.45) is 0 Å². The van der Waals surface area contributed by atoms with Crippen molar-refractivity contribution in [1.82, 2.24) is 0 Å². The molecule has 2 heteroatoms. The second kappa shape index (κ2) is 12.7. The molecule has 0 aliphatic heterocycles. The van der Waals surface area contributed by atoms with E-state index in [0.717, 1.165) is 49.8 Å². The summed E-state index contributed by atoms with van der Waals surface area (Å²) in [7, 11) is 0. The van der Waals surface area contributed by atoms with Crippen LogP contribution in [0.15, 0.2) is 217 Å². The van der Waals surface area contributed by atoms with E-state index >= 15 is 0 Å². The van der Waals surface area contributed by atoms with Crippen LogP contribution in [0, 0.1) is 0 Å². The number of nitrogens with zero attached hydrogens (tertiary/aromatic N) is 1. The molecule has 2 nitrogen and oxygen atoms in total. The van der Waals surface area contributed by atoms with Gasteiger partial charge in [-0.1, -0.05) is 170 Å². The lowest BCUT2D eigenvalue weighted by molar-refractivity contribution is 0.669. The molecule has 0 amide bonds. The molecule has 0 bridgehead atoms. The average Bonchev–Trinajstić information content (AvgIpc) is 3.74. The molecule has 9 aromatic rings. The van der Waals surface area contributed by atoms with Crippen LogP contribution in [0.2, 0.25) is 0 Å². The molecule has 1 heterocycles. The summed E-state index contributed by atoms with van der Waals surface area (Å²) in [6.45, 7) is 0. The molecule has 0 atom stereocenters. The number of rotatable bonds is 5. The van der Waals surface area contributed by atoms with Crippen LogP contribution in [0.5, 0.6) is 0 Å². The van der Waals surface area contributed by atoms with Crippen LogP contribution in [0.4, 0.5) is 17.1 Å². The molecule has 0 spiro atoms. The highest BCUT2D eigenvalue weighted by molar-refractivity contribution is 6.07. The third-order valence-electron chi connectivity index (χ3n) is 10.8. The van der Waals surface area contributed by atoms with Gasteiger partial charge < -0.3 is 9.32 Å². The molecule has 1 aliphatic carbocycles. The van der Waals surface area contributed by atoms with Crippen LogP contribution in [0.25, 0.3) is 43.8 Å². The van der Waals surface area contributed by atoms with E-state index in [9.17, 15) is 0 Å². The fraction of sp³-hybridized carbons (Fsp3) is 0.0196. The Kier molecular flexibility index (Phi) is 7.40. The summed E-state index contributed by atoms with van der Waals surface area (Å²) in [6, 6.07) is 76.5. The second-order valence-corrected chi connectivity index (χ2v) is 13.6. The largest absolute Gasteiger partial charge is 0.456 e. The number of hydrogen-bond donors (Lipinski definition) is 0. The predicted octanol–water partition coefficient (Wildman–Crippen LogP) is 13.7. The first-order valence-electron chi connectivity index (χ1n) is 18.2. The quantitative estimate of drug-likeness (QED) is 0.180. The zero-order chi connectivity index (χ0) is 35.2. The van der Waals surface area contributed by atoms with Crippen LogP contribution in [0.1, 0.15) is 22.3 Å². The summed E-state index contributed by atoms with van der Waals surface area (Å²) in [5, 5.41) is 4.48. The minimum Gasteiger partial charge on any atom is -0.456 e. The molecule has 0 N–H and O–H groups in total. The SMILES string of the molecule is c1cccc(N(c2ccc3c(c2)C(c2ccccc2)(c2ccccc2)c2ccccc2-3)c2ccc3oc4ccccc4c3c2)c2ccccc2ccc1. The fourth-order valence-electron chi connectivity index (χ4n) is 8.51. The monoisotopic (exact) mass is 677 g/mol. The summed E-state index contributed by atoms with van der Waals surface area (Å²) in [4.78, 5) is 2.42. The average molecular weight is 678 g/mol. The molecule has 53 heavy (non-hydrogen) atoms. The number of hydrogen-bond acceptors (Lipinski definition) is 2. The maximum atomic E-state index is 6.32. The van der Waals surface area contributed by atoms with Crippen molar-refractivity contribution < 1.29 is 4.42 Å². The van der Waals surface area contributed by atoms with Crippen molar-refractivity contribution in [2.45, 2.75) is 5.41 Å². The minimum absolute atomic E-state index is 0.517. The van der Waals surface area contributed by atoms with E-state index < -0.39 is 5.41 Å². The lowest BCUT2D eigenvalue weighted by atomic mass is 9.67. The number of anilines is 3. The summed E-state index contributed by atoms with van der Waals surface area (Å²) in [6.07, 6.45) is 0. The van der Waals surface area contributed by atoms with Crippen molar-refractivity contribution in [3.05, 3.63) is 235 Å². The molecule has 0 saturated carbocycles. The predicted molar refractivity (Wildman–Crippen MR) is 221 cm³/mol. The smallest absolute Gasteiger partial charge is 0.135 e. The van der Waals surface area contributed by atoms with E-state index in [1.807, 2.05) is 12.1 Å². The minimum atomic E-state index is -0.517. The van der Waals surface area contributed by atoms with Crippen molar-refractivity contribution in [3.8, 4) is 11.1 Å². The van der Waals surface area contributed by atoms with E-state index in [0.29, 0.717) is 0 Å². The van der Waals surface area contributed by atoms with Gasteiger partial charge in [0.15, 0.2) is 0 Å². The molecule has 1 aliphatic rings. The maximum Gasteiger partial charge on any atom is 0.135 e. The van der Waals surface area contributed by atoms with E-state index in [1.54, 1.807) is 0 Å². The van der Waals surface area contributed by atoms with Crippen LogP contribution in [-0.2, 0) is 5.41 Å². The van der Waals surface area contributed by atoms with Crippen molar-refractivity contribution in [1.29, 1.82) is 0 Å². The zero-order valence-corrected chi connectivity index (χ0v) is 29.1. The van der Waals surface area contributed by atoms with Gasteiger partial charge in [0, 0.05) is 27.5 Å². The third kappa shape index (κ3) is 4.95. The summed E-state index contributed by atoms with van der Waals surface area (Å²) in [5.74, 6) is 0. The molecule has 0 saturated heterocycles. The first kappa shape index (κ1) is 30.9. The Hall–Kier alpha value is -6.90. The maximum absolute atomic E-state index is 6.32. The first-order chi connectivity index (χ1) is 26.3. The van der Waals surface area contributed by atoms with Crippen LogP contribution in [-0.4, -0.2) is 0 Å². The standard InChI is InChI=1S/C51H35NO/c1-2-6-18-36-19-12-13-24-41(36)48(28-11-3-1)52(39-31-33-50-45(34-39)44-26-15-17-29-49(44)53-50)40-30-32-43-42-25-14-16-27-46(42)51(47(43)35-40,37-20-7-4-8-21-37)38-22-9-5-10-23-38/h1-35H. The lowest BCUT2D eigenvalue weighted by Gasteiger charge is -2.35. The summed E-state index contributed by atoms with van der Waals surface area (Å²) >= 11 is 0. The normalized spacial score (nSPS) is 12.7. The van der Waals surface area contributed by atoms with E-state index in [1.165, 1.54) is 33.4 Å². The molecule has 0 radical (unpaired) electrons. The molecular formula is C51H35NO. The van der Waals surface area contributed by atoms with Gasteiger partial charge in [-0.3, -0.25) is 0 Å². The molecule has 1 aromatic heterocycles.